The van der Waals surface area contributed by atoms with Crippen LogP contribution in [0.15, 0.2) is 77.6 Å². The van der Waals surface area contributed by atoms with Gasteiger partial charge in [0, 0.05) is 13.0 Å². The molecule has 4 aromatic rings. The number of aryl methyl sites for hydroxylation is 1. The molecule has 7 nitrogen and oxygen atoms in total. The fourth-order valence-corrected chi connectivity index (χ4v) is 3.87. The molecule has 0 spiro atoms. The molecule has 0 bridgehead atoms. The second-order valence-electron chi connectivity index (χ2n) is 7.95. The zero-order valence-electron chi connectivity index (χ0n) is 19.3. The molecule has 0 radical (unpaired) electrons. The SMILES string of the molecule is COc1ccc(CCC(=O)N(Cc2ccccc2)Cc2nc3ccccc3c(=O)[nH]2)cc1OC. The first kappa shape index (κ1) is 23.0. The number of rotatable bonds is 9. The van der Waals surface area contributed by atoms with Gasteiger partial charge < -0.3 is 19.4 Å². The van der Waals surface area contributed by atoms with E-state index in [2.05, 4.69) is 9.97 Å². The van der Waals surface area contributed by atoms with Gasteiger partial charge in [-0.05, 0) is 41.8 Å². The number of nitrogens with zero attached hydrogens (tertiary/aromatic N) is 2. The summed E-state index contributed by atoms with van der Waals surface area (Å²) in [5, 5.41) is 0.528. The van der Waals surface area contributed by atoms with Crippen molar-refractivity contribution in [2.75, 3.05) is 14.2 Å². The molecule has 0 fully saturated rings. The van der Waals surface area contributed by atoms with Gasteiger partial charge in [-0.2, -0.15) is 0 Å². The van der Waals surface area contributed by atoms with Crippen LogP contribution in [0.2, 0.25) is 0 Å². The van der Waals surface area contributed by atoms with E-state index in [1.165, 1.54) is 0 Å². The van der Waals surface area contributed by atoms with Crippen LogP contribution in [0.3, 0.4) is 0 Å². The van der Waals surface area contributed by atoms with E-state index in [1.807, 2.05) is 54.6 Å². The molecule has 0 saturated carbocycles. The lowest BCUT2D eigenvalue weighted by atomic mass is 10.1. The lowest BCUT2D eigenvalue weighted by Crippen LogP contribution is -2.32. The van der Waals surface area contributed by atoms with Gasteiger partial charge in [0.1, 0.15) is 5.82 Å². The highest BCUT2D eigenvalue weighted by Crippen LogP contribution is 2.28. The Kier molecular flexibility index (Phi) is 7.22. The van der Waals surface area contributed by atoms with Crippen LogP contribution in [-0.2, 0) is 24.3 Å². The van der Waals surface area contributed by atoms with E-state index < -0.39 is 0 Å². The molecule has 0 saturated heterocycles. The van der Waals surface area contributed by atoms with E-state index in [0.717, 1.165) is 11.1 Å². The third-order valence-corrected chi connectivity index (χ3v) is 5.65. The van der Waals surface area contributed by atoms with Crippen molar-refractivity contribution >= 4 is 16.8 Å². The van der Waals surface area contributed by atoms with Gasteiger partial charge in [0.2, 0.25) is 5.91 Å². The van der Waals surface area contributed by atoms with Crippen LogP contribution < -0.4 is 15.0 Å². The summed E-state index contributed by atoms with van der Waals surface area (Å²) in [6.07, 6.45) is 0.853. The van der Waals surface area contributed by atoms with Gasteiger partial charge in [-0.1, -0.05) is 48.5 Å². The summed E-state index contributed by atoms with van der Waals surface area (Å²) in [6, 6.07) is 22.6. The molecule has 0 aliphatic carbocycles. The van der Waals surface area contributed by atoms with Crippen molar-refractivity contribution in [1.29, 1.82) is 0 Å². The summed E-state index contributed by atoms with van der Waals surface area (Å²) in [7, 11) is 3.18. The Morgan fingerprint density at radius 2 is 1.62 bits per heavy atom. The number of benzene rings is 3. The smallest absolute Gasteiger partial charge is 0.258 e. The largest absolute Gasteiger partial charge is 0.493 e. The molecule has 1 aromatic heterocycles. The minimum Gasteiger partial charge on any atom is -0.493 e. The van der Waals surface area contributed by atoms with Crippen LogP contribution in [-0.4, -0.2) is 35.0 Å². The van der Waals surface area contributed by atoms with Crippen molar-refractivity contribution in [2.24, 2.45) is 0 Å². The zero-order valence-corrected chi connectivity index (χ0v) is 19.3. The number of nitrogens with one attached hydrogen (secondary N) is 1. The maximum absolute atomic E-state index is 13.3. The Morgan fingerprint density at radius 3 is 2.38 bits per heavy atom. The highest BCUT2D eigenvalue weighted by atomic mass is 16.5. The Balaban J connectivity index is 1.55. The fraction of sp³-hybridized carbons (Fsp3) is 0.222. The summed E-state index contributed by atoms with van der Waals surface area (Å²) < 4.78 is 10.7. The van der Waals surface area contributed by atoms with Gasteiger partial charge in [-0.15, -0.1) is 0 Å². The second kappa shape index (κ2) is 10.7. The van der Waals surface area contributed by atoms with E-state index in [9.17, 15) is 9.59 Å². The molecule has 4 rings (SSSR count). The predicted molar refractivity (Wildman–Crippen MR) is 131 cm³/mol. The normalized spacial score (nSPS) is 10.8. The Bertz CT molecular complexity index is 1330. The van der Waals surface area contributed by atoms with Gasteiger partial charge in [0.15, 0.2) is 11.5 Å². The molecule has 0 aliphatic heterocycles. The molecule has 1 amide bonds. The van der Waals surface area contributed by atoms with E-state index >= 15 is 0 Å². The van der Waals surface area contributed by atoms with E-state index in [-0.39, 0.29) is 18.0 Å². The Morgan fingerprint density at radius 1 is 0.882 bits per heavy atom. The molecular formula is C27H27N3O4. The number of aromatic amines is 1. The van der Waals surface area contributed by atoms with Crippen molar-refractivity contribution in [3.8, 4) is 11.5 Å². The van der Waals surface area contributed by atoms with Crippen LogP contribution in [0.1, 0.15) is 23.4 Å². The van der Waals surface area contributed by atoms with E-state index in [1.54, 1.807) is 37.3 Å². The number of hydrogen-bond acceptors (Lipinski definition) is 5. The van der Waals surface area contributed by atoms with Crippen LogP contribution in [0, 0.1) is 0 Å². The lowest BCUT2D eigenvalue weighted by Gasteiger charge is -2.23. The number of fused-ring (bicyclic) bond motifs is 1. The van der Waals surface area contributed by atoms with Crippen LogP contribution in [0.4, 0.5) is 0 Å². The first-order valence-corrected chi connectivity index (χ1v) is 11.1. The van der Waals surface area contributed by atoms with Crippen molar-refractivity contribution < 1.29 is 14.3 Å². The first-order valence-electron chi connectivity index (χ1n) is 11.1. The van der Waals surface area contributed by atoms with Crippen LogP contribution in [0.5, 0.6) is 11.5 Å². The van der Waals surface area contributed by atoms with Gasteiger partial charge in [-0.25, -0.2) is 4.98 Å². The molecule has 1 heterocycles. The average molecular weight is 458 g/mol. The standard InChI is InChI=1S/C27H27N3O4/c1-33-23-14-12-19(16-24(23)34-2)13-15-26(31)30(17-20-8-4-3-5-9-20)18-25-28-22-11-7-6-10-21(22)27(32)29-25/h3-12,14,16H,13,15,17-18H2,1-2H3,(H,28,29,32). The van der Waals surface area contributed by atoms with Gasteiger partial charge in [0.05, 0.1) is 31.7 Å². The summed E-state index contributed by atoms with van der Waals surface area (Å²) >= 11 is 0. The van der Waals surface area contributed by atoms with Gasteiger partial charge in [0.25, 0.3) is 5.56 Å². The number of H-pyrrole nitrogens is 1. The highest BCUT2D eigenvalue weighted by Gasteiger charge is 2.17. The zero-order chi connectivity index (χ0) is 23.9. The van der Waals surface area contributed by atoms with Gasteiger partial charge >= 0.3 is 0 Å². The fourth-order valence-electron chi connectivity index (χ4n) is 3.87. The number of para-hydroxylation sites is 1. The topological polar surface area (TPSA) is 84.5 Å². The number of amides is 1. The monoisotopic (exact) mass is 457 g/mol. The maximum atomic E-state index is 13.3. The van der Waals surface area contributed by atoms with Crippen molar-refractivity contribution in [3.05, 3.63) is 100 Å². The number of carbonyl (C=O) groups excluding carboxylic acids is 1. The van der Waals surface area contributed by atoms with Crippen molar-refractivity contribution in [2.45, 2.75) is 25.9 Å². The maximum Gasteiger partial charge on any atom is 0.258 e. The molecule has 3 aromatic carbocycles. The number of aromatic nitrogens is 2. The lowest BCUT2D eigenvalue weighted by molar-refractivity contribution is -0.132. The number of ether oxygens (including phenoxy) is 2. The van der Waals surface area contributed by atoms with Gasteiger partial charge in [-0.3, -0.25) is 9.59 Å². The summed E-state index contributed by atoms with van der Waals surface area (Å²) in [4.78, 5) is 35.0. The first-order chi connectivity index (χ1) is 16.6. The van der Waals surface area contributed by atoms with Crippen molar-refractivity contribution in [1.82, 2.24) is 14.9 Å². The van der Waals surface area contributed by atoms with E-state index in [0.29, 0.717) is 47.6 Å². The molecule has 174 valence electrons. The molecule has 0 unspecified atom stereocenters. The minimum absolute atomic E-state index is 0.0329. The number of carbonyl (C=O) groups is 1. The third-order valence-electron chi connectivity index (χ3n) is 5.65. The summed E-state index contributed by atoms with van der Waals surface area (Å²) in [6.45, 7) is 0.627. The minimum atomic E-state index is -0.210. The van der Waals surface area contributed by atoms with Crippen molar-refractivity contribution in [3.63, 3.8) is 0 Å². The molecule has 7 heteroatoms. The third kappa shape index (κ3) is 5.43. The molecule has 34 heavy (non-hydrogen) atoms. The quantitative estimate of drug-likeness (QED) is 0.409. The predicted octanol–water partition coefficient (Wildman–Crippen LogP) is 4.10. The summed E-state index contributed by atoms with van der Waals surface area (Å²) in [5.41, 5.74) is 2.38. The number of hydrogen-bond donors (Lipinski definition) is 1. The van der Waals surface area contributed by atoms with Crippen LogP contribution in [0.25, 0.3) is 10.9 Å². The average Bonchev–Trinajstić information content (AvgIpc) is 2.87. The molecule has 1 N–H and O–H groups in total. The Labute approximate surface area is 198 Å². The van der Waals surface area contributed by atoms with Crippen LogP contribution >= 0.6 is 0 Å². The molecular weight excluding hydrogens is 430 g/mol. The summed E-state index contributed by atoms with van der Waals surface area (Å²) in [5.74, 6) is 1.70. The Hall–Kier alpha value is -4.13. The molecule has 0 atom stereocenters. The highest BCUT2D eigenvalue weighted by molar-refractivity contribution is 5.78. The molecule has 0 aliphatic rings. The van der Waals surface area contributed by atoms with E-state index in [4.69, 9.17) is 9.47 Å². The number of methoxy groups -OCH3 is 2. The second-order valence-corrected chi connectivity index (χ2v) is 7.95.